The van der Waals surface area contributed by atoms with Crippen LogP contribution in [0.15, 0.2) is 0 Å². The molecule has 0 amide bonds. The Labute approximate surface area is 75.5 Å². The van der Waals surface area contributed by atoms with Crippen molar-refractivity contribution in [2.75, 3.05) is 0 Å². The van der Waals surface area contributed by atoms with E-state index in [0.717, 1.165) is 0 Å². The van der Waals surface area contributed by atoms with Gasteiger partial charge in [0.05, 0.1) is 0 Å². The molecule has 0 N–H and O–H groups in total. The summed E-state index contributed by atoms with van der Waals surface area (Å²) in [5, 5.41) is 0. The van der Waals surface area contributed by atoms with Gasteiger partial charge in [-0.25, -0.2) is 0 Å². The molecule has 0 spiro atoms. The van der Waals surface area contributed by atoms with E-state index in [9.17, 15) is 35.1 Å². The molecule has 3 nitrogen and oxygen atoms in total. The molecule has 1 rings (SSSR count). The van der Waals surface area contributed by atoms with Crippen molar-refractivity contribution in [2.24, 2.45) is 0 Å². The summed E-state index contributed by atoms with van der Waals surface area (Å²) in [5.41, 5.74) is 6.64. The molecule has 0 heterocycles. The van der Waals surface area contributed by atoms with E-state index in [0.29, 0.717) is 0 Å². The van der Waals surface area contributed by atoms with Crippen molar-refractivity contribution in [3.63, 3.8) is 0 Å². The highest BCUT2D eigenvalue weighted by atomic mass is 19.4. The lowest BCUT2D eigenvalue weighted by Crippen LogP contribution is -2.82. The maximum atomic E-state index is 11.6. The van der Waals surface area contributed by atoms with Crippen LogP contribution < -0.4 is 4.97 Å². The molecule has 0 saturated heterocycles. The van der Waals surface area contributed by atoms with Gasteiger partial charge in [0.2, 0.25) is 0 Å². The van der Waals surface area contributed by atoms with Gasteiger partial charge in [0, 0.05) is 0 Å². The normalized spacial score (nSPS) is 27.7. The Hall–Kier alpha value is -1.25. The van der Waals surface area contributed by atoms with E-state index in [1.54, 1.807) is 0 Å². The molecule has 0 aliphatic heterocycles. The summed E-state index contributed by atoms with van der Waals surface area (Å²) in [6.45, 7) is 0. The van der Waals surface area contributed by atoms with Crippen molar-refractivity contribution < 1.29 is 35.1 Å². The van der Waals surface area contributed by atoms with Crippen LogP contribution in [0.3, 0.4) is 0 Å². The number of nitroso groups, excluding NO2 is 1. The van der Waals surface area contributed by atoms with E-state index < -0.39 is 23.7 Å². The number of alkyl halides is 8. The first kappa shape index (κ1) is 13.8. The van der Waals surface area contributed by atoms with Crippen molar-refractivity contribution in [3.05, 3.63) is 10.4 Å². The Balaban J connectivity index is 0.000000583. The number of hydrogen-bond donors (Lipinski definition) is 0. The molecule has 0 aromatic carbocycles. The van der Waals surface area contributed by atoms with E-state index in [-0.39, 0.29) is 0 Å². The van der Waals surface area contributed by atoms with Crippen LogP contribution in [0.5, 0.6) is 0 Å². The average molecular weight is 244 g/mol. The number of hydrogen-bond acceptors (Lipinski definition) is 1. The summed E-state index contributed by atoms with van der Waals surface area (Å²) in [5.74, 6) is -23.9. The van der Waals surface area contributed by atoms with Gasteiger partial charge in [0.1, 0.15) is 4.97 Å². The van der Waals surface area contributed by atoms with Crippen LogP contribution in [0.25, 0.3) is 5.53 Å². The Bertz CT molecular complexity index is 229. The molecular weight excluding hydrogens is 244 g/mol. The van der Waals surface area contributed by atoms with Crippen molar-refractivity contribution >= 4 is 0 Å². The average Bonchev–Trinajstić information content (AvgIpc) is 2.03. The number of halogens is 8. The van der Waals surface area contributed by atoms with E-state index in [1.807, 2.05) is 0 Å². The van der Waals surface area contributed by atoms with Crippen LogP contribution in [0, 0.1) is 4.91 Å². The highest BCUT2D eigenvalue weighted by molar-refractivity contribution is 5.22. The number of nitrogens with zero attached hydrogens (tertiary/aromatic N) is 2. The summed E-state index contributed by atoms with van der Waals surface area (Å²) in [4.78, 5) is 9.36. The summed E-state index contributed by atoms with van der Waals surface area (Å²) >= 11 is 0. The molecule has 1 aliphatic carbocycles. The minimum absolute atomic E-state index is 1.25. The maximum absolute atomic E-state index is 11.6. The van der Waals surface area contributed by atoms with Crippen LogP contribution >= 0.6 is 0 Å². The zero-order chi connectivity index (χ0) is 12.7. The molecule has 0 bridgehead atoms. The van der Waals surface area contributed by atoms with Gasteiger partial charge in [-0.1, -0.05) is 0 Å². The fraction of sp³-hybridized carbons (Fsp3) is 1.00. The molecule has 0 atom stereocenters. The van der Waals surface area contributed by atoms with Gasteiger partial charge in [-0.3, -0.25) is 5.53 Å². The third-order valence-corrected chi connectivity index (χ3v) is 1.58. The maximum Gasteiger partial charge on any atom is 0.385 e. The molecule has 1 aliphatic rings. The smallest absolute Gasteiger partial charge is 0.294 e. The van der Waals surface area contributed by atoms with Gasteiger partial charge in [0.15, 0.2) is 4.91 Å². The zero-order valence-corrected chi connectivity index (χ0v) is 6.33. The first-order valence-electron chi connectivity index (χ1n) is 2.89. The lowest BCUT2D eigenvalue weighted by atomic mass is 9.80. The Morgan fingerprint density at radius 1 is 0.667 bits per heavy atom. The molecule has 11 heteroatoms. The van der Waals surface area contributed by atoms with Crippen LogP contribution in [-0.4, -0.2) is 23.7 Å². The van der Waals surface area contributed by atoms with Crippen molar-refractivity contribution in [2.45, 2.75) is 23.7 Å². The second-order valence-corrected chi connectivity index (χ2v) is 2.38. The van der Waals surface area contributed by atoms with Crippen LogP contribution in [-0.2, 0) is 0 Å². The molecule has 88 valence electrons. The third-order valence-electron chi connectivity index (χ3n) is 1.58. The van der Waals surface area contributed by atoms with Gasteiger partial charge in [-0.2, -0.15) is 35.1 Å². The first-order valence-corrected chi connectivity index (χ1v) is 2.89. The highest BCUT2D eigenvalue weighted by Crippen LogP contribution is 2.69. The molecule has 0 aromatic heterocycles. The fourth-order valence-corrected chi connectivity index (χ4v) is 0.726. The topological polar surface area (TPSA) is 53.5 Å². The van der Waals surface area contributed by atoms with Gasteiger partial charge in [-0.05, 0) is 0 Å². The zero-order valence-electron chi connectivity index (χ0n) is 6.33. The molecule has 15 heavy (non-hydrogen) atoms. The van der Waals surface area contributed by atoms with E-state index in [4.69, 9.17) is 10.4 Å². The second-order valence-electron chi connectivity index (χ2n) is 2.38. The van der Waals surface area contributed by atoms with E-state index >= 15 is 0 Å². The second kappa shape index (κ2) is 3.12. The predicted octanol–water partition coefficient (Wildman–Crippen LogP) is 2.38. The Morgan fingerprint density at radius 3 is 0.800 bits per heavy atom. The minimum Gasteiger partial charge on any atom is -0.294 e. The fourth-order valence-electron chi connectivity index (χ4n) is 0.726. The molecule has 0 radical (unpaired) electrons. The first-order chi connectivity index (χ1) is 6.41. The van der Waals surface area contributed by atoms with Gasteiger partial charge >= 0.3 is 23.7 Å². The van der Waals surface area contributed by atoms with Crippen LogP contribution in [0.1, 0.15) is 0 Å². The highest BCUT2D eigenvalue weighted by Gasteiger charge is 3.01. The standard InChI is InChI=1S/C4F8.N2O/c5-1(6)2(7,8)4(11,12)3(1,9)10;1-2-3. The van der Waals surface area contributed by atoms with Gasteiger partial charge in [0.25, 0.3) is 0 Å². The molecular formula is C4F8N2O. The lowest BCUT2D eigenvalue weighted by Gasteiger charge is -2.49. The summed E-state index contributed by atoms with van der Waals surface area (Å²) < 4.78 is 92.9. The predicted molar refractivity (Wildman–Crippen MR) is 28.6 cm³/mol. The summed E-state index contributed by atoms with van der Waals surface area (Å²) in [6.07, 6.45) is 0. The van der Waals surface area contributed by atoms with Crippen LogP contribution in [0.2, 0.25) is 0 Å². The van der Waals surface area contributed by atoms with Crippen molar-refractivity contribution in [1.29, 1.82) is 0 Å². The summed E-state index contributed by atoms with van der Waals surface area (Å²) in [6, 6.07) is 0. The molecule has 1 saturated carbocycles. The SMILES string of the molecule is FC1(F)C(F)(F)C(F)(F)C1(F)F.[N-]=[N+]=O. The quantitative estimate of drug-likeness (QED) is 0.366. The Kier molecular flexibility index (Phi) is 2.86. The number of rotatable bonds is 0. The third kappa shape index (κ3) is 1.22. The summed E-state index contributed by atoms with van der Waals surface area (Å²) in [7, 11) is 0. The minimum atomic E-state index is -5.97. The van der Waals surface area contributed by atoms with E-state index in [2.05, 4.69) is 0 Å². The molecule has 1 fully saturated rings. The molecule has 0 aromatic rings. The van der Waals surface area contributed by atoms with Crippen molar-refractivity contribution in [1.82, 2.24) is 4.97 Å². The Morgan fingerprint density at radius 2 is 0.733 bits per heavy atom. The van der Waals surface area contributed by atoms with Gasteiger partial charge in [-0.15, -0.1) is 0 Å². The van der Waals surface area contributed by atoms with Gasteiger partial charge < -0.3 is 0 Å². The van der Waals surface area contributed by atoms with Crippen molar-refractivity contribution in [3.8, 4) is 0 Å². The molecule has 0 unspecified atom stereocenters. The monoisotopic (exact) mass is 244 g/mol. The largest absolute Gasteiger partial charge is 0.385 e. The van der Waals surface area contributed by atoms with Crippen LogP contribution in [0.4, 0.5) is 35.1 Å². The van der Waals surface area contributed by atoms with E-state index in [1.165, 1.54) is 4.97 Å². The lowest BCUT2D eigenvalue weighted by molar-refractivity contribution is -0.506.